The summed E-state index contributed by atoms with van der Waals surface area (Å²) in [5, 5.41) is 9.15. The SMILES string of the molecule is CCC1CN(Cc2cc(C#N)n(C)c2C)CCN1C(C)C. The highest BCUT2D eigenvalue weighted by atomic mass is 15.3. The van der Waals surface area contributed by atoms with Gasteiger partial charge in [0.25, 0.3) is 0 Å². The van der Waals surface area contributed by atoms with Gasteiger partial charge in [0.05, 0.1) is 0 Å². The fourth-order valence-electron chi connectivity index (χ4n) is 3.39. The summed E-state index contributed by atoms with van der Waals surface area (Å²) in [5.74, 6) is 0. The lowest BCUT2D eigenvalue weighted by molar-refractivity contribution is 0.0456. The van der Waals surface area contributed by atoms with E-state index in [0.717, 1.165) is 31.9 Å². The maximum atomic E-state index is 9.15. The molecule has 1 aliphatic heterocycles. The standard InChI is InChI=1S/C17H28N4/c1-6-16-12-20(7-8-21(16)13(2)3)11-15-9-17(10-18)19(5)14(15)4/h9,13,16H,6-8,11-12H2,1-5H3. The van der Waals surface area contributed by atoms with Gasteiger partial charge in [-0.25, -0.2) is 0 Å². The van der Waals surface area contributed by atoms with Gasteiger partial charge in [-0.2, -0.15) is 5.26 Å². The Hall–Kier alpha value is -1.31. The molecule has 1 aliphatic rings. The topological polar surface area (TPSA) is 35.2 Å². The molecule has 116 valence electrons. The van der Waals surface area contributed by atoms with E-state index in [1.54, 1.807) is 0 Å². The quantitative estimate of drug-likeness (QED) is 0.854. The molecule has 0 saturated carbocycles. The number of rotatable bonds is 4. The van der Waals surface area contributed by atoms with Crippen molar-refractivity contribution in [2.45, 2.75) is 52.7 Å². The summed E-state index contributed by atoms with van der Waals surface area (Å²) in [6, 6.07) is 5.60. The van der Waals surface area contributed by atoms with Crippen molar-refractivity contribution in [2.75, 3.05) is 19.6 Å². The molecule has 2 rings (SSSR count). The molecule has 0 amide bonds. The molecular weight excluding hydrogens is 260 g/mol. The highest BCUT2D eigenvalue weighted by Crippen LogP contribution is 2.20. The van der Waals surface area contributed by atoms with Crippen molar-refractivity contribution in [3.05, 3.63) is 23.0 Å². The molecule has 1 aromatic heterocycles. The average molecular weight is 288 g/mol. The smallest absolute Gasteiger partial charge is 0.120 e. The first-order valence-corrected chi connectivity index (χ1v) is 8.01. The van der Waals surface area contributed by atoms with Crippen LogP contribution in [-0.2, 0) is 13.6 Å². The lowest BCUT2D eigenvalue weighted by Crippen LogP contribution is -2.54. The maximum Gasteiger partial charge on any atom is 0.120 e. The van der Waals surface area contributed by atoms with Gasteiger partial charge < -0.3 is 4.57 Å². The van der Waals surface area contributed by atoms with E-state index < -0.39 is 0 Å². The van der Waals surface area contributed by atoms with E-state index in [1.165, 1.54) is 17.7 Å². The Balaban J connectivity index is 2.07. The zero-order valence-corrected chi connectivity index (χ0v) is 14.1. The summed E-state index contributed by atoms with van der Waals surface area (Å²) in [4.78, 5) is 5.16. The first-order valence-electron chi connectivity index (χ1n) is 8.01. The highest BCUT2D eigenvalue weighted by molar-refractivity contribution is 5.34. The molecule has 4 nitrogen and oxygen atoms in total. The molecule has 0 aliphatic carbocycles. The van der Waals surface area contributed by atoms with Crippen LogP contribution in [-0.4, -0.2) is 46.1 Å². The molecule has 0 bridgehead atoms. The lowest BCUT2D eigenvalue weighted by atomic mass is 10.1. The van der Waals surface area contributed by atoms with Gasteiger partial charge in [-0.15, -0.1) is 0 Å². The highest BCUT2D eigenvalue weighted by Gasteiger charge is 2.27. The van der Waals surface area contributed by atoms with Crippen molar-refractivity contribution < 1.29 is 0 Å². The van der Waals surface area contributed by atoms with Crippen LogP contribution < -0.4 is 0 Å². The number of hydrogen-bond acceptors (Lipinski definition) is 3. The third kappa shape index (κ3) is 3.30. The molecule has 1 fully saturated rings. The molecule has 0 spiro atoms. The Labute approximate surface area is 129 Å². The van der Waals surface area contributed by atoms with Crippen LogP contribution in [0.5, 0.6) is 0 Å². The summed E-state index contributed by atoms with van der Waals surface area (Å²) in [6.45, 7) is 13.3. The van der Waals surface area contributed by atoms with Gasteiger partial charge in [-0.3, -0.25) is 9.80 Å². The van der Waals surface area contributed by atoms with Gasteiger partial charge in [0, 0.05) is 51.0 Å². The number of aromatic nitrogens is 1. The van der Waals surface area contributed by atoms with Crippen LogP contribution in [0.2, 0.25) is 0 Å². The van der Waals surface area contributed by atoms with E-state index in [-0.39, 0.29) is 0 Å². The van der Waals surface area contributed by atoms with Crippen LogP contribution in [0.25, 0.3) is 0 Å². The van der Waals surface area contributed by atoms with Crippen LogP contribution in [0.4, 0.5) is 0 Å². The molecule has 21 heavy (non-hydrogen) atoms. The molecule has 4 heteroatoms. The molecule has 1 aromatic rings. The van der Waals surface area contributed by atoms with Crippen molar-refractivity contribution in [3.8, 4) is 6.07 Å². The Morgan fingerprint density at radius 2 is 2.10 bits per heavy atom. The second-order valence-electron chi connectivity index (χ2n) is 6.44. The van der Waals surface area contributed by atoms with E-state index in [9.17, 15) is 0 Å². The zero-order chi connectivity index (χ0) is 15.6. The van der Waals surface area contributed by atoms with Crippen LogP contribution in [0.3, 0.4) is 0 Å². The minimum Gasteiger partial charge on any atom is -0.340 e. The van der Waals surface area contributed by atoms with E-state index >= 15 is 0 Å². The van der Waals surface area contributed by atoms with Gasteiger partial charge in [-0.1, -0.05) is 6.92 Å². The predicted octanol–water partition coefficient (Wildman–Crippen LogP) is 2.51. The number of nitrogens with zero attached hydrogens (tertiary/aromatic N) is 4. The van der Waals surface area contributed by atoms with Gasteiger partial charge in [-0.05, 0) is 38.8 Å². The molecule has 0 radical (unpaired) electrons. The monoisotopic (exact) mass is 288 g/mol. The van der Waals surface area contributed by atoms with Crippen molar-refractivity contribution in [2.24, 2.45) is 7.05 Å². The summed E-state index contributed by atoms with van der Waals surface area (Å²) in [7, 11) is 1.98. The zero-order valence-electron chi connectivity index (χ0n) is 14.1. The van der Waals surface area contributed by atoms with Crippen LogP contribution in [0.1, 0.15) is 44.1 Å². The lowest BCUT2D eigenvalue weighted by Gasteiger charge is -2.43. The average Bonchev–Trinajstić information content (AvgIpc) is 2.74. The van der Waals surface area contributed by atoms with E-state index in [4.69, 9.17) is 5.26 Å². The maximum absolute atomic E-state index is 9.15. The fraction of sp³-hybridized carbons (Fsp3) is 0.706. The second-order valence-corrected chi connectivity index (χ2v) is 6.44. The summed E-state index contributed by atoms with van der Waals surface area (Å²) in [5.41, 5.74) is 3.27. The van der Waals surface area contributed by atoms with Crippen LogP contribution in [0, 0.1) is 18.3 Å². The Kier molecular flexibility index (Phi) is 5.08. The van der Waals surface area contributed by atoms with Gasteiger partial charge in [0.1, 0.15) is 11.8 Å². The van der Waals surface area contributed by atoms with Crippen molar-refractivity contribution in [1.82, 2.24) is 14.4 Å². The molecule has 2 heterocycles. The minimum atomic E-state index is 0.626. The Morgan fingerprint density at radius 3 is 2.62 bits per heavy atom. The molecule has 0 aromatic carbocycles. The van der Waals surface area contributed by atoms with Crippen LogP contribution in [0.15, 0.2) is 6.07 Å². The molecule has 0 N–H and O–H groups in total. The normalized spacial score (nSPS) is 20.9. The van der Waals surface area contributed by atoms with E-state index in [1.807, 2.05) is 17.7 Å². The van der Waals surface area contributed by atoms with E-state index in [0.29, 0.717) is 12.1 Å². The predicted molar refractivity (Wildman–Crippen MR) is 86.1 cm³/mol. The molecular formula is C17H28N4. The molecule has 1 saturated heterocycles. The van der Waals surface area contributed by atoms with Crippen molar-refractivity contribution in [1.29, 1.82) is 5.26 Å². The summed E-state index contributed by atoms with van der Waals surface area (Å²) >= 11 is 0. The number of hydrogen-bond donors (Lipinski definition) is 0. The number of nitriles is 1. The van der Waals surface area contributed by atoms with E-state index in [2.05, 4.69) is 43.6 Å². The Bertz CT molecular complexity index is 524. The first kappa shape index (κ1) is 16.1. The largest absolute Gasteiger partial charge is 0.340 e. The molecule has 1 atom stereocenters. The van der Waals surface area contributed by atoms with Gasteiger partial charge in [0.15, 0.2) is 0 Å². The second kappa shape index (κ2) is 6.64. The van der Waals surface area contributed by atoms with Gasteiger partial charge in [0.2, 0.25) is 0 Å². The number of piperazine rings is 1. The van der Waals surface area contributed by atoms with Gasteiger partial charge >= 0.3 is 0 Å². The molecule has 1 unspecified atom stereocenters. The summed E-state index contributed by atoms with van der Waals surface area (Å²) in [6.07, 6.45) is 1.20. The third-order valence-corrected chi connectivity index (χ3v) is 4.90. The minimum absolute atomic E-state index is 0.626. The van der Waals surface area contributed by atoms with Crippen molar-refractivity contribution >= 4 is 0 Å². The Morgan fingerprint density at radius 1 is 1.38 bits per heavy atom. The fourth-order valence-corrected chi connectivity index (χ4v) is 3.39. The van der Waals surface area contributed by atoms with Crippen molar-refractivity contribution in [3.63, 3.8) is 0 Å². The first-order chi connectivity index (χ1) is 9.97. The third-order valence-electron chi connectivity index (χ3n) is 4.90. The van der Waals surface area contributed by atoms with Crippen LogP contribution >= 0.6 is 0 Å². The summed E-state index contributed by atoms with van der Waals surface area (Å²) < 4.78 is 2.00.